The number of carbonyl (C=O) groups excluding carboxylic acids is 2. The minimum absolute atomic E-state index is 0.0970. The van der Waals surface area contributed by atoms with Crippen LogP contribution in [0.3, 0.4) is 0 Å². The lowest BCUT2D eigenvalue weighted by atomic mass is 10.2. The molecule has 0 fully saturated rings. The number of likely N-dealkylation sites (N-methyl/N-ethyl adjacent to an activating group) is 1. The number of nitrogens with zero attached hydrogens (tertiary/aromatic N) is 4. The Labute approximate surface area is 199 Å². The van der Waals surface area contributed by atoms with E-state index in [1.165, 1.54) is 18.3 Å². The Morgan fingerprint density at radius 3 is 2.66 bits per heavy atom. The normalized spacial score (nSPS) is 11.2. The number of anilines is 2. The summed E-state index contributed by atoms with van der Waals surface area (Å²) < 4.78 is 5.76. The largest absolute Gasteiger partial charge is 0.465 e. The first kappa shape index (κ1) is 23.9. The molecule has 0 aliphatic heterocycles. The zero-order valence-corrected chi connectivity index (χ0v) is 20.0. The average molecular weight is 494 g/mol. The number of hydrogen-bond acceptors (Lipinski definition) is 8. The van der Waals surface area contributed by atoms with E-state index in [0.717, 1.165) is 10.4 Å². The zero-order valence-electron chi connectivity index (χ0n) is 17.7. The highest BCUT2D eigenvalue weighted by atomic mass is 35.5. The van der Waals surface area contributed by atoms with Gasteiger partial charge in [0.25, 0.3) is 0 Å². The van der Waals surface area contributed by atoms with E-state index in [4.69, 9.17) is 27.9 Å². The van der Waals surface area contributed by atoms with E-state index in [0.29, 0.717) is 45.2 Å². The van der Waals surface area contributed by atoms with Gasteiger partial charge in [-0.1, -0.05) is 34.5 Å². The molecule has 0 saturated carbocycles. The molecule has 3 rings (SSSR count). The molecule has 2 aromatic carbocycles. The quantitative estimate of drug-likeness (QED) is 0.290. The van der Waals surface area contributed by atoms with Crippen LogP contribution < -0.4 is 10.2 Å². The summed E-state index contributed by atoms with van der Waals surface area (Å²) in [5, 5.41) is 12.5. The summed E-state index contributed by atoms with van der Waals surface area (Å²) in [6.45, 7) is 6.08. The number of nitrogens with one attached hydrogen (secondary N) is 1. The van der Waals surface area contributed by atoms with Crippen molar-refractivity contribution in [1.82, 2.24) is 4.98 Å². The topological polar surface area (TPSA) is 96.2 Å². The fourth-order valence-corrected chi connectivity index (χ4v) is 4.22. The van der Waals surface area contributed by atoms with E-state index in [2.05, 4.69) is 20.5 Å². The Morgan fingerprint density at radius 1 is 1.19 bits per heavy atom. The second-order valence-electron chi connectivity index (χ2n) is 6.61. The number of hydrogen-bond donors (Lipinski definition) is 1. The van der Waals surface area contributed by atoms with Crippen molar-refractivity contribution in [2.45, 2.75) is 20.8 Å². The van der Waals surface area contributed by atoms with Gasteiger partial charge in [0.1, 0.15) is 12.2 Å². The van der Waals surface area contributed by atoms with Crippen LogP contribution in [0.2, 0.25) is 10.0 Å². The monoisotopic (exact) mass is 493 g/mol. The highest BCUT2D eigenvalue weighted by Gasteiger charge is 2.14. The predicted octanol–water partition coefficient (Wildman–Crippen LogP) is 6.37. The van der Waals surface area contributed by atoms with Gasteiger partial charge in [0.05, 0.1) is 32.6 Å². The van der Waals surface area contributed by atoms with E-state index < -0.39 is 0 Å². The van der Waals surface area contributed by atoms with Crippen LogP contribution in [0, 0.1) is 0 Å². The Morgan fingerprint density at radius 2 is 1.97 bits per heavy atom. The first-order valence-electron chi connectivity index (χ1n) is 9.80. The van der Waals surface area contributed by atoms with Crippen molar-refractivity contribution in [2.75, 3.05) is 29.9 Å². The molecule has 0 aliphatic rings. The number of ether oxygens (including phenoxy) is 1. The first-order valence-corrected chi connectivity index (χ1v) is 11.4. The highest BCUT2D eigenvalue weighted by Crippen LogP contribution is 2.38. The molecule has 168 valence electrons. The molecule has 1 N–H and O–H groups in total. The van der Waals surface area contributed by atoms with Gasteiger partial charge in [0.2, 0.25) is 11.0 Å². The summed E-state index contributed by atoms with van der Waals surface area (Å²) in [5.74, 6) is -0.581. The fraction of sp³-hybridized carbons (Fsp3) is 0.286. The molecule has 1 aromatic heterocycles. The molecule has 3 aromatic rings. The molecule has 1 amide bonds. The number of azo groups is 1. The van der Waals surface area contributed by atoms with Crippen molar-refractivity contribution >= 4 is 78.8 Å². The third kappa shape index (κ3) is 5.73. The molecule has 1 heterocycles. The van der Waals surface area contributed by atoms with Crippen LogP contribution in [0.15, 0.2) is 40.6 Å². The van der Waals surface area contributed by atoms with Crippen LogP contribution >= 0.6 is 34.5 Å². The molecular weight excluding hydrogens is 473 g/mol. The van der Waals surface area contributed by atoms with Crippen LogP contribution in [0.4, 0.5) is 22.2 Å². The minimum atomic E-state index is -0.325. The first-order chi connectivity index (χ1) is 15.3. The Kier molecular flexibility index (Phi) is 8.00. The summed E-state index contributed by atoms with van der Waals surface area (Å²) in [6, 6.07) is 8.70. The summed E-state index contributed by atoms with van der Waals surface area (Å²) in [7, 11) is 0. The maximum absolute atomic E-state index is 11.9. The molecule has 8 nitrogen and oxygen atoms in total. The van der Waals surface area contributed by atoms with Gasteiger partial charge in [-0.15, -0.1) is 10.2 Å². The molecule has 0 unspecified atom stereocenters. The smallest absolute Gasteiger partial charge is 0.325 e. The van der Waals surface area contributed by atoms with Crippen molar-refractivity contribution in [3.8, 4) is 0 Å². The average Bonchev–Trinajstić information content (AvgIpc) is 3.17. The van der Waals surface area contributed by atoms with Gasteiger partial charge < -0.3 is 15.0 Å². The van der Waals surface area contributed by atoms with Crippen LogP contribution in [0.1, 0.15) is 20.8 Å². The molecule has 0 saturated heterocycles. The predicted molar refractivity (Wildman–Crippen MR) is 129 cm³/mol. The molecule has 32 heavy (non-hydrogen) atoms. The number of benzene rings is 2. The number of esters is 1. The second-order valence-corrected chi connectivity index (χ2v) is 8.37. The second kappa shape index (κ2) is 10.7. The Hall–Kier alpha value is -2.75. The summed E-state index contributed by atoms with van der Waals surface area (Å²) in [5.41, 5.74) is 2.32. The molecule has 0 bridgehead atoms. The lowest BCUT2D eigenvalue weighted by Gasteiger charge is -2.23. The standard InChI is InChI=1S/C21H21Cl2N5O3S/c1-4-28(11-18(30)31-5-2)13-6-8-15(17(10-13)24-12(3)29)26-27-21-25-16-9-7-14(22)19(23)20(16)32-21/h6-10H,4-5,11H2,1-3H3,(H,24,29). The molecule has 0 aliphatic carbocycles. The maximum Gasteiger partial charge on any atom is 0.325 e. The number of thiazole rings is 1. The van der Waals surface area contributed by atoms with Gasteiger partial charge in [-0.25, -0.2) is 4.98 Å². The van der Waals surface area contributed by atoms with Crippen molar-refractivity contribution < 1.29 is 14.3 Å². The number of aromatic nitrogens is 1. The van der Waals surface area contributed by atoms with Crippen molar-refractivity contribution in [3.63, 3.8) is 0 Å². The van der Waals surface area contributed by atoms with Crippen LogP contribution in [-0.4, -0.2) is 36.6 Å². The minimum Gasteiger partial charge on any atom is -0.465 e. The van der Waals surface area contributed by atoms with Crippen molar-refractivity contribution in [1.29, 1.82) is 0 Å². The van der Waals surface area contributed by atoms with Crippen molar-refractivity contribution in [3.05, 3.63) is 40.4 Å². The number of fused-ring (bicyclic) bond motifs is 1. The molecule has 0 spiro atoms. The third-order valence-electron chi connectivity index (χ3n) is 4.34. The van der Waals surface area contributed by atoms with Crippen molar-refractivity contribution in [2.24, 2.45) is 10.2 Å². The number of carbonyl (C=O) groups is 2. The zero-order chi connectivity index (χ0) is 23.3. The fourth-order valence-electron chi connectivity index (χ4n) is 2.91. The summed E-state index contributed by atoms with van der Waals surface area (Å²) >= 11 is 13.6. The molecule has 0 atom stereocenters. The molecule has 0 radical (unpaired) electrons. The third-order valence-corrected chi connectivity index (χ3v) is 6.23. The van der Waals surface area contributed by atoms with E-state index >= 15 is 0 Å². The highest BCUT2D eigenvalue weighted by molar-refractivity contribution is 7.22. The molecular formula is C21H21Cl2N5O3S. The van der Waals surface area contributed by atoms with Crippen LogP contribution in [-0.2, 0) is 14.3 Å². The van der Waals surface area contributed by atoms with Gasteiger partial charge in [-0.05, 0) is 44.2 Å². The Bertz CT molecular complexity index is 1180. The van der Waals surface area contributed by atoms with Gasteiger partial charge in [-0.2, -0.15) is 0 Å². The number of rotatable bonds is 8. The van der Waals surface area contributed by atoms with E-state index in [1.54, 1.807) is 37.3 Å². The summed E-state index contributed by atoms with van der Waals surface area (Å²) in [4.78, 5) is 29.9. The van der Waals surface area contributed by atoms with Gasteiger partial charge in [0, 0.05) is 19.2 Å². The van der Waals surface area contributed by atoms with Gasteiger partial charge in [-0.3, -0.25) is 9.59 Å². The SMILES string of the molecule is CCOC(=O)CN(CC)c1ccc(N=Nc2nc3ccc(Cl)c(Cl)c3s2)c(NC(C)=O)c1. The summed E-state index contributed by atoms with van der Waals surface area (Å²) in [6.07, 6.45) is 0. The van der Waals surface area contributed by atoms with Crippen LogP contribution in [0.5, 0.6) is 0 Å². The van der Waals surface area contributed by atoms with Gasteiger partial charge >= 0.3 is 5.97 Å². The lowest BCUT2D eigenvalue weighted by Crippen LogP contribution is -2.30. The Balaban J connectivity index is 1.91. The number of halogens is 2. The van der Waals surface area contributed by atoms with E-state index in [1.807, 2.05) is 11.8 Å². The van der Waals surface area contributed by atoms with Crippen LogP contribution in [0.25, 0.3) is 10.2 Å². The molecule has 11 heteroatoms. The van der Waals surface area contributed by atoms with E-state index in [9.17, 15) is 9.59 Å². The maximum atomic E-state index is 11.9. The van der Waals surface area contributed by atoms with Gasteiger partial charge in [0.15, 0.2) is 0 Å². The lowest BCUT2D eigenvalue weighted by molar-refractivity contribution is -0.141. The number of amides is 1. The van der Waals surface area contributed by atoms with E-state index in [-0.39, 0.29) is 18.4 Å².